The quantitative estimate of drug-likeness (QED) is 0.158. The number of nitrogens with two attached hydrogens (primary N) is 1. The van der Waals surface area contributed by atoms with Crippen LogP contribution in [-0.4, -0.2) is 78.2 Å². The molecule has 3 fully saturated rings. The largest absolute Gasteiger partial charge is 0.461 e. The lowest BCUT2D eigenvalue weighted by atomic mass is 9.85. The van der Waals surface area contributed by atoms with Crippen LogP contribution in [0.15, 0.2) is 0 Å². The SMILES string of the molecule is CCC.C[C@@H]1C[C@@H](C)N(C(=O)C(NC(=O)NCC(=O)OC2CCCC2)C(C)(C)C)C1.NC(=O)C(=O)C(CC1CC1)NC=O. The summed E-state index contributed by atoms with van der Waals surface area (Å²) < 4.78 is 5.33. The predicted molar refractivity (Wildman–Crippen MR) is 164 cm³/mol. The Labute approximate surface area is 257 Å². The second-order valence-electron chi connectivity index (χ2n) is 13.2. The fourth-order valence-corrected chi connectivity index (χ4v) is 5.18. The maximum Gasteiger partial charge on any atom is 0.325 e. The first-order chi connectivity index (χ1) is 20.1. The summed E-state index contributed by atoms with van der Waals surface area (Å²) in [5.74, 6) is -1.27. The van der Waals surface area contributed by atoms with Crippen LogP contribution in [0.2, 0.25) is 0 Å². The van der Waals surface area contributed by atoms with Gasteiger partial charge in [0.1, 0.15) is 18.7 Å². The summed E-state index contributed by atoms with van der Waals surface area (Å²) in [6.45, 7) is 14.7. The molecule has 246 valence electrons. The number of ketones is 1. The number of nitrogens with zero attached hydrogens (tertiary/aromatic N) is 1. The summed E-state index contributed by atoms with van der Waals surface area (Å²) in [5, 5.41) is 7.60. The Bertz CT molecular complexity index is 941. The normalized spacial score (nSPS) is 21.1. The van der Waals surface area contributed by atoms with Gasteiger partial charge < -0.3 is 31.3 Å². The number of amides is 5. The number of primary amides is 1. The number of hydrogen-bond acceptors (Lipinski definition) is 7. The highest BCUT2D eigenvalue weighted by Gasteiger charge is 2.40. The Morgan fingerprint density at radius 3 is 2.05 bits per heavy atom. The highest BCUT2D eigenvalue weighted by Crippen LogP contribution is 2.33. The maximum atomic E-state index is 13.0. The summed E-state index contributed by atoms with van der Waals surface area (Å²) in [7, 11) is 0. The van der Waals surface area contributed by atoms with Crippen molar-refractivity contribution in [3.63, 3.8) is 0 Å². The van der Waals surface area contributed by atoms with Gasteiger partial charge >= 0.3 is 12.0 Å². The Hall–Kier alpha value is -3.18. The molecule has 12 heteroatoms. The van der Waals surface area contributed by atoms with Crippen molar-refractivity contribution in [2.24, 2.45) is 23.0 Å². The summed E-state index contributed by atoms with van der Waals surface area (Å²) in [6, 6.07) is -1.73. The molecule has 43 heavy (non-hydrogen) atoms. The van der Waals surface area contributed by atoms with E-state index in [0.717, 1.165) is 44.9 Å². The van der Waals surface area contributed by atoms with Crippen LogP contribution in [0.3, 0.4) is 0 Å². The lowest BCUT2D eigenvalue weighted by Crippen LogP contribution is -2.57. The van der Waals surface area contributed by atoms with Crippen LogP contribution in [0.5, 0.6) is 0 Å². The smallest absolute Gasteiger partial charge is 0.325 e. The van der Waals surface area contributed by atoms with Gasteiger partial charge in [-0.25, -0.2) is 4.79 Å². The molecule has 1 aliphatic heterocycles. The molecule has 5 N–H and O–H groups in total. The zero-order chi connectivity index (χ0) is 32.7. The van der Waals surface area contributed by atoms with Crippen molar-refractivity contribution in [3.8, 4) is 0 Å². The van der Waals surface area contributed by atoms with Crippen LogP contribution < -0.4 is 21.7 Å². The molecule has 0 radical (unpaired) electrons. The van der Waals surface area contributed by atoms with Gasteiger partial charge in [0.2, 0.25) is 18.1 Å². The molecular weight excluding hydrogens is 554 g/mol. The van der Waals surface area contributed by atoms with Crippen molar-refractivity contribution in [1.29, 1.82) is 0 Å². The third kappa shape index (κ3) is 14.2. The fraction of sp³-hybridized carbons (Fsp3) is 0.806. The molecule has 0 aromatic carbocycles. The van der Waals surface area contributed by atoms with Crippen LogP contribution in [0.1, 0.15) is 106 Å². The number of ether oxygens (including phenoxy) is 1. The Morgan fingerprint density at radius 2 is 1.60 bits per heavy atom. The highest BCUT2D eigenvalue weighted by molar-refractivity contribution is 6.37. The van der Waals surface area contributed by atoms with E-state index < -0.39 is 41.2 Å². The number of carbonyl (C=O) groups is 6. The first kappa shape index (κ1) is 37.8. The van der Waals surface area contributed by atoms with Gasteiger partial charge in [-0.05, 0) is 62.7 Å². The third-order valence-electron chi connectivity index (χ3n) is 7.54. The lowest BCUT2D eigenvalue weighted by molar-refractivity contribution is -0.147. The molecule has 1 heterocycles. The van der Waals surface area contributed by atoms with E-state index in [1.54, 1.807) is 0 Å². The molecule has 0 bridgehead atoms. The molecule has 0 spiro atoms. The summed E-state index contributed by atoms with van der Waals surface area (Å²) in [4.78, 5) is 70.8. The second kappa shape index (κ2) is 18.5. The molecule has 2 unspecified atom stereocenters. The van der Waals surface area contributed by atoms with Gasteiger partial charge in [0.15, 0.2) is 0 Å². The van der Waals surface area contributed by atoms with E-state index in [1.165, 1.54) is 6.42 Å². The predicted octanol–water partition coefficient (Wildman–Crippen LogP) is 2.81. The van der Waals surface area contributed by atoms with E-state index >= 15 is 0 Å². The maximum absolute atomic E-state index is 13.0. The van der Waals surface area contributed by atoms with E-state index in [4.69, 9.17) is 10.5 Å². The highest BCUT2D eigenvalue weighted by atomic mass is 16.5. The van der Waals surface area contributed by atoms with Crippen LogP contribution in [-0.2, 0) is 28.7 Å². The van der Waals surface area contributed by atoms with E-state index in [-0.39, 0.29) is 24.6 Å². The van der Waals surface area contributed by atoms with Crippen molar-refractivity contribution < 1.29 is 33.5 Å². The van der Waals surface area contributed by atoms with Gasteiger partial charge in [-0.2, -0.15) is 0 Å². The molecule has 1 saturated heterocycles. The van der Waals surface area contributed by atoms with E-state index in [1.807, 2.05) is 32.6 Å². The molecule has 12 nitrogen and oxygen atoms in total. The van der Waals surface area contributed by atoms with E-state index in [2.05, 4.69) is 36.7 Å². The van der Waals surface area contributed by atoms with Gasteiger partial charge in [-0.1, -0.05) is 60.8 Å². The van der Waals surface area contributed by atoms with Gasteiger partial charge in [0, 0.05) is 12.6 Å². The zero-order valence-corrected chi connectivity index (χ0v) is 27.2. The molecule has 5 amide bonds. The number of hydrogen-bond donors (Lipinski definition) is 4. The molecule has 4 atom stereocenters. The van der Waals surface area contributed by atoms with Gasteiger partial charge in [-0.3, -0.25) is 24.0 Å². The molecule has 2 aliphatic carbocycles. The number of rotatable bonds is 11. The van der Waals surface area contributed by atoms with E-state index in [9.17, 15) is 28.8 Å². The number of urea groups is 1. The number of likely N-dealkylation sites (tertiary alicyclic amines) is 1. The molecule has 3 aliphatic rings. The summed E-state index contributed by atoms with van der Waals surface area (Å²) >= 11 is 0. The molecule has 3 rings (SSSR count). The van der Waals surface area contributed by atoms with Crippen LogP contribution in [0, 0.1) is 17.3 Å². The minimum atomic E-state index is -0.986. The molecule has 2 saturated carbocycles. The first-order valence-corrected chi connectivity index (χ1v) is 15.7. The zero-order valence-electron chi connectivity index (χ0n) is 27.2. The Morgan fingerprint density at radius 1 is 1.02 bits per heavy atom. The molecular formula is C31H55N5O7. The summed E-state index contributed by atoms with van der Waals surface area (Å²) in [5.41, 5.74) is 4.38. The fourth-order valence-electron chi connectivity index (χ4n) is 5.18. The number of nitrogens with one attached hydrogen (secondary N) is 3. The number of esters is 1. The third-order valence-corrected chi connectivity index (χ3v) is 7.54. The standard InChI is InChI=1S/C20H35N3O4.C8H12N2O3.C3H8/c1-13-10-14(2)23(12-13)18(25)17(20(3,4)5)22-19(26)21-11-16(24)27-15-8-6-7-9-15;9-8(13)7(12)6(10-4-11)3-5-1-2-5;1-3-2/h13-15,17H,6-12H2,1-5H3,(H2,21,22,26);4-6H,1-3H2,(H2,9,13)(H,10,11);3H2,1-2H3/t13-,14-,17?;;/m1../s1. The monoisotopic (exact) mass is 609 g/mol. The van der Waals surface area contributed by atoms with Gasteiger partial charge in [-0.15, -0.1) is 0 Å². The van der Waals surface area contributed by atoms with Crippen molar-refractivity contribution in [3.05, 3.63) is 0 Å². The van der Waals surface area contributed by atoms with Crippen LogP contribution in [0.25, 0.3) is 0 Å². The van der Waals surface area contributed by atoms with Crippen LogP contribution in [0.4, 0.5) is 4.79 Å². The summed E-state index contributed by atoms with van der Waals surface area (Å²) in [6.07, 6.45) is 9.21. The van der Waals surface area contributed by atoms with Crippen molar-refractivity contribution in [2.75, 3.05) is 13.1 Å². The van der Waals surface area contributed by atoms with Gasteiger partial charge in [0.25, 0.3) is 5.91 Å². The van der Waals surface area contributed by atoms with Crippen molar-refractivity contribution in [2.45, 2.75) is 130 Å². The van der Waals surface area contributed by atoms with Crippen molar-refractivity contribution >= 4 is 36.0 Å². The molecule has 0 aromatic heterocycles. The first-order valence-electron chi connectivity index (χ1n) is 15.7. The number of carbonyl (C=O) groups excluding carboxylic acids is 6. The van der Waals surface area contributed by atoms with Crippen molar-refractivity contribution in [1.82, 2.24) is 20.9 Å². The minimum absolute atomic E-state index is 0.0232. The lowest BCUT2D eigenvalue weighted by Gasteiger charge is -2.35. The van der Waals surface area contributed by atoms with Crippen LogP contribution >= 0.6 is 0 Å². The average molecular weight is 610 g/mol. The average Bonchev–Trinajstić information content (AvgIpc) is 3.46. The Balaban J connectivity index is 0.000000480. The topological polar surface area (TPSA) is 177 Å². The Kier molecular flexibility index (Phi) is 16.3. The number of Topliss-reactive ketones (excluding diaryl/α,β-unsaturated/α-hetero) is 1. The van der Waals surface area contributed by atoms with Gasteiger partial charge in [0.05, 0.1) is 6.04 Å². The molecule has 0 aromatic rings. The minimum Gasteiger partial charge on any atom is -0.461 e. The second-order valence-corrected chi connectivity index (χ2v) is 13.2. The van der Waals surface area contributed by atoms with E-state index in [0.29, 0.717) is 31.2 Å².